The average molecular weight is 323 g/mol. The quantitative estimate of drug-likeness (QED) is 0.727. The molecule has 8 heteroatoms. The van der Waals surface area contributed by atoms with Crippen molar-refractivity contribution in [2.24, 2.45) is 0 Å². The number of carbonyl (C=O) groups is 4. The summed E-state index contributed by atoms with van der Waals surface area (Å²) in [5.74, 6) is -1.87. The Bertz CT molecular complexity index is 555. The van der Waals surface area contributed by atoms with Crippen LogP contribution in [0.4, 0.5) is 4.79 Å². The van der Waals surface area contributed by atoms with Gasteiger partial charge in [0, 0.05) is 6.54 Å². The monoisotopic (exact) mass is 323 g/mol. The molecule has 0 bridgehead atoms. The topological polar surface area (TPSA) is 107 Å². The number of rotatable bonds is 3. The van der Waals surface area contributed by atoms with E-state index in [0.29, 0.717) is 32.2 Å². The van der Waals surface area contributed by atoms with Gasteiger partial charge in [0.05, 0.1) is 0 Å². The van der Waals surface area contributed by atoms with Crippen molar-refractivity contribution >= 4 is 23.8 Å². The predicted molar refractivity (Wildman–Crippen MR) is 78.4 cm³/mol. The van der Waals surface area contributed by atoms with Crippen molar-refractivity contribution < 1.29 is 24.3 Å². The number of amides is 4. The van der Waals surface area contributed by atoms with Crippen molar-refractivity contribution in [2.45, 2.75) is 56.5 Å². The van der Waals surface area contributed by atoms with E-state index in [1.807, 2.05) is 0 Å². The molecular formula is C15H21N3O5. The molecule has 126 valence electrons. The molecule has 4 amide bonds. The Labute approximate surface area is 133 Å². The van der Waals surface area contributed by atoms with Gasteiger partial charge in [-0.1, -0.05) is 19.3 Å². The van der Waals surface area contributed by atoms with E-state index < -0.39 is 29.5 Å². The van der Waals surface area contributed by atoms with Gasteiger partial charge in [0.15, 0.2) is 0 Å². The van der Waals surface area contributed by atoms with Crippen LogP contribution in [-0.2, 0) is 14.4 Å². The first kappa shape index (κ1) is 15.8. The molecule has 2 saturated heterocycles. The minimum atomic E-state index is -1.04. The minimum absolute atomic E-state index is 0.346. The number of carbonyl (C=O) groups excluding carboxylic acids is 3. The normalized spacial score (nSPS) is 26.7. The highest BCUT2D eigenvalue weighted by atomic mass is 16.4. The third kappa shape index (κ3) is 2.66. The zero-order chi connectivity index (χ0) is 16.6. The first-order valence-corrected chi connectivity index (χ1v) is 8.11. The molecular weight excluding hydrogens is 302 g/mol. The van der Waals surface area contributed by atoms with E-state index in [2.05, 4.69) is 5.32 Å². The van der Waals surface area contributed by atoms with Gasteiger partial charge in [0.1, 0.15) is 18.1 Å². The number of urea groups is 1. The van der Waals surface area contributed by atoms with Gasteiger partial charge in [-0.15, -0.1) is 0 Å². The van der Waals surface area contributed by atoms with Crippen molar-refractivity contribution in [2.75, 3.05) is 13.1 Å². The van der Waals surface area contributed by atoms with Crippen molar-refractivity contribution in [3.05, 3.63) is 0 Å². The van der Waals surface area contributed by atoms with Crippen molar-refractivity contribution in [3.63, 3.8) is 0 Å². The number of hydrogen-bond donors (Lipinski definition) is 2. The number of nitrogens with one attached hydrogen (secondary N) is 1. The summed E-state index contributed by atoms with van der Waals surface area (Å²) in [6.07, 6.45) is 5.02. The molecule has 8 nitrogen and oxygen atoms in total. The Morgan fingerprint density at radius 2 is 1.87 bits per heavy atom. The molecule has 0 aromatic rings. The van der Waals surface area contributed by atoms with Gasteiger partial charge in [-0.2, -0.15) is 0 Å². The maximum atomic E-state index is 12.6. The number of nitrogens with zero attached hydrogens (tertiary/aromatic N) is 2. The van der Waals surface area contributed by atoms with Crippen molar-refractivity contribution in [1.29, 1.82) is 0 Å². The molecule has 2 aliphatic heterocycles. The van der Waals surface area contributed by atoms with Gasteiger partial charge < -0.3 is 15.3 Å². The second-order valence-corrected chi connectivity index (χ2v) is 6.55. The lowest BCUT2D eigenvalue weighted by molar-refractivity contribution is -0.149. The standard InChI is InChI=1S/C15H21N3O5/c19-11(17-8-4-5-10(17)12(20)21)9-18-13(22)15(16-14(18)23)6-2-1-3-7-15/h10H,1-9H2,(H,16,23)(H,20,21). The zero-order valence-electron chi connectivity index (χ0n) is 12.9. The summed E-state index contributed by atoms with van der Waals surface area (Å²) >= 11 is 0. The SMILES string of the molecule is O=C(O)C1CCCN1C(=O)CN1C(=O)NC2(CCCCC2)C1=O. The highest BCUT2D eigenvalue weighted by Gasteiger charge is 2.52. The smallest absolute Gasteiger partial charge is 0.326 e. The van der Waals surface area contributed by atoms with Crippen molar-refractivity contribution in [3.8, 4) is 0 Å². The van der Waals surface area contributed by atoms with E-state index in [4.69, 9.17) is 5.11 Å². The first-order valence-electron chi connectivity index (χ1n) is 8.11. The summed E-state index contributed by atoms with van der Waals surface area (Å²) in [6, 6.07) is -1.40. The van der Waals surface area contributed by atoms with Gasteiger partial charge in [0.25, 0.3) is 5.91 Å². The molecule has 2 N–H and O–H groups in total. The molecule has 0 aromatic carbocycles. The Morgan fingerprint density at radius 1 is 1.17 bits per heavy atom. The fourth-order valence-corrected chi connectivity index (χ4v) is 3.86. The van der Waals surface area contributed by atoms with E-state index in [-0.39, 0.29) is 12.5 Å². The maximum Gasteiger partial charge on any atom is 0.326 e. The molecule has 1 unspecified atom stereocenters. The highest BCUT2D eigenvalue weighted by Crippen LogP contribution is 2.33. The Kier molecular flexibility index (Phi) is 3.99. The van der Waals surface area contributed by atoms with Gasteiger partial charge in [0.2, 0.25) is 5.91 Å². The Morgan fingerprint density at radius 3 is 2.52 bits per heavy atom. The third-order valence-corrected chi connectivity index (χ3v) is 5.10. The van der Waals surface area contributed by atoms with Crippen LogP contribution in [0.25, 0.3) is 0 Å². The number of hydrogen-bond acceptors (Lipinski definition) is 4. The fourth-order valence-electron chi connectivity index (χ4n) is 3.86. The molecule has 2 heterocycles. The van der Waals surface area contributed by atoms with E-state index in [1.54, 1.807) is 0 Å². The van der Waals surface area contributed by atoms with Crippen LogP contribution in [0.15, 0.2) is 0 Å². The number of aliphatic carboxylic acids is 1. The van der Waals surface area contributed by atoms with Crippen LogP contribution in [0.2, 0.25) is 0 Å². The fraction of sp³-hybridized carbons (Fsp3) is 0.733. The number of imide groups is 1. The zero-order valence-corrected chi connectivity index (χ0v) is 12.9. The second kappa shape index (κ2) is 5.82. The van der Waals surface area contributed by atoms with Crippen LogP contribution in [0, 0.1) is 0 Å². The molecule has 1 saturated carbocycles. The molecule has 0 aromatic heterocycles. The van der Waals surface area contributed by atoms with Crippen LogP contribution in [0.3, 0.4) is 0 Å². The summed E-state index contributed by atoms with van der Waals surface area (Å²) in [6.45, 7) is -0.0270. The summed E-state index contributed by atoms with van der Waals surface area (Å²) in [4.78, 5) is 50.5. The molecule has 1 spiro atoms. The molecule has 3 fully saturated rings. The van der Waals surface area contributed by atoms with Gasteiger partial charge >= 0.3 is 12.0 Å². The van der Waals surface area contributed by atoms with E-state index in [1.165, 1.54) is 4.90 Å². The molecule has 1 atom stereocenters. The highest BCUT2D eigenvalue weighted by molar-refractivity contribution is 6.09. The van der Waals surface area contributed by atoms with Crippen LogP contribution in [-0.4, -0.2) is 63.4 Å². The van der Waals surface area contributed by atoms with E-state index in [9.17, 15) is 19.2 Å². The van der Waals surface area contributed by atoms with Gasteiger partial charge in [-0.25, -0.2) is 9.59 Å². The van der Waals surface area contributed by atoms with Crippen LogP contribution in [0.5, 0.6) is 0 Å². The van der Waals surface area contributed by atoms with Gasteiger partial charge in [-0.05, 0) is 25.7 Å². The number of likely N-dealkylation sites (tertiary alicyclic amines) is 1. The predicted octanol–water partition coefficient (Wildman–Crippen LogP) is 0.317. The number of carboxylic acid groups (broad SMARTS) is 1. The molecule has 0 radical (unpaired) electrons. The molecule has 3 rings (SSSR count). The van der Waals surface area contributed by atoms with Gasteiger partial charge in [-0.3, -0.25) is 14.5 Å². The molecule has 1 aliphatic carbocycles. The van der Waals surface area contributed by atoms with E-state index >= 15 is 0 Å². The Hall–Kier alpha value is -2.12. The lowest BCUT2D eigenvalue weighted by Gasteiger charge is -2.30. The third-order valence-electron chi connectivity index (χ3n) is 5.10. The minimum Gasteiger partial charge on any atom is -0.480 e. The molecule has 3 aliphatic rings. The molecule has 23 heavy (non-hydrogen) atoms. The lowest BCUT2D eigenvalue weighted by Crippen LogP contribution is -2.50. The summed E-state index contributed by atoms with van der Waals surface area (Å²) in [5, 5.41) is 11.9. The summed E-state index contributed by atoms with van der Waals surface area (Å²) in [7, 11) is 0. The van der Waals surface area contributed by atoms with Crippen LogP contribution < -0.4 is 5.32 Å². The van der Waals surface area contributed by atoms with Crippen molar-refractivity contribution in [1.82, 2.24) is 15.1 Å². The Balaban J connectivity index is 1.70. The summed E-state index contributed by atoms with van der Waals surface area (Å²) < 4.78 is 0. The second-order valence-electron chi connectivity index (χ2n) is 6.55. The largest absolute Gasteiger partial charge is 0.480 e. The lowest BCUT2D eigenvalue weighted by atomic mass is 9.82. The number of carboxylic acids is 1. The van der Waals surface area contributed by atoms with Crippen LogP contribution >= 0.6 is 0 Å². The first-order chi connectivity index (χ1) is 10.9. The average Bonchev–Trinajstić information content (AvgIpc) is 3.09. The maximum absolute atomic E-state index is 12.6. The van der Waals surface area contributed by atoms with Crippen LogP contribution in [0.1, 0.15) is 44.9 Å². The van der Waals surface area contributed by atoms with E-state index in [0.717, 1.165) is 24.2 Å². The summed E-state index contributed by atoms with van der Waals surface area (Å²) in [5.41, 5.74) is -0.854.